The van der Waals surface area contributed by atoms with Crippen molar-refractivity contribution in [2.75, 3.05) is 17.7 Å². The number of anilines is 2. The minimum absolute atomic E-state index is 0.206. The van der Waals surface area contributed by atoms with Crippen molar-refractivity contribution in [3.8, 4) is 5.75 Å². The average Bonchev–Trinajstić information content (AvgIpc) is 3.29. The third-order valence-electron chi connectivity index (χ3n) is 3.49. The van der Waals surface area contributed by atoms with Crippen LogP contribution in [0.2, 0.25) is 5.15 Å². The Morgan fingerprint density at radius 1 is 1.29 bits per heavy atom. The molecule has 1 aromatic carbocycles. The van der Waals surface area contributed by atoms with E-state index in [1.165, 1.54) is 5.56 Å². The van der Waals surface area contributed by atoms with E-state index >= 15 is 0 Å². The summed E-state index contributed by atoms with van der Waals surface area (Å²) in [5.74, 6) is 1.84. The number of aromatic nitrogens is 2. The molecule has 21 heavy (non-hydrogen) atoms. The van der Waals surface area contributed by atoms with E-state index in [9.17, 15) is 0 Å². The van der Waals surface area contributed by atoms with E-state index in [1.54, 1.807) is 13.2 Å². The van der Waals surface area contributed by atoms with Crippen LogP contribution in [0.3, 0.4) is 0 Å². The van der Waals surface area contributed by atoms with Crippen molar-refractivity contribution in [1.29, 1.82) is 0 Å². The quantitative estimate of drug-likeness (QED) is 0.861. The first-order valence-electron chi connectivity index (χ1n) is 6.85. The van der Waals surface area contributed by atoms with Crippen molar-refractivity contribution < 1.29 is 4.74 Å². The van der Waals surface area contributed by atoms with Gasteiger partial charge in [0.15, 0.2) is 0 Å². The lowest BCUT2D eigenvalue weighted by Crippen LogP contribution is -2.26. The Hall–Kier alpha value is -2.01. The zero-order valence-electron chi connectivity index (χ0n) is 11.8. The molecule has 0 atom stereocenters. The predicted molar refractivity (Wildman–Crippen MR) is 83.7 cm³/mol. The Labute approximate surface area is 128 Å². The standard InChI is InChI=1S/C15H17ClN4O/c1-21-12-6-2-10(3-7-12)9-20(11-4-5-11)14-8-13(16)18-15(17)19-14/h2-3,6-8,11H,4-5,9H2,1H3,(H2,17,18,19). The van der Waals surface area contributed by atoms with Gasteiger partial charge >= 0.3 is 0 Å². The number of hydrogen-bond acceptors (Lipinski definition) is 5. The van der Waals surface area contributed by atoms with E-state index in [0.717, 1.165) is 31.0 Å². The minimum Gasteiger partial charge on any atom is -0.497 e. The summed E-state index contributed by atoms with van der Waals surface area (Å²) in [5.41, 5.74) is 6.89. The molecule has 110 valence electrons. The summed E-state index contributed by atoms with van der Waals surface area (Å²) in [5, 5.41) is 0.373. The van der Waals surface area contributed by atoms with Crippen LogP contribution < -0.4 is 15.4 Å². The van der Waals surface area contributed by atoms with Gasteiger partial charge < -0.3 is 15.4 Å². The highest BCUT2D eigenvalue weighted by Gasteiger charge is 2.30. The van der Waals surface area contributed by atoms with E-state index in [-0.39, 0.29) is 5.95 Å². The number of ether oxygens (including phenoxy) is 1. The maximum Gasteiger partial charge on any atom is 0.223 e. The third kappa shape index (κ3) is 3.36. The summed E-state index contributed by atoms with van der Waals surface area (Å²) >= 11 is 5.99. The molecule has 0 amide bonds. The maximum absolute atomic E-state index is 5.99. The predicted octanol–water partition coefficient (Wildman–Crippen LogP) is 2.89. The van der Waals surface area contributed by atoms with Crippen molar-refractivity contribution in [2.24, 2.45) is 0 Å². The Morgan fingerprint density at radius 2 is 2.00 bits per heavy atom. The highest BCUT2D eigenvalue weighted by molar-refractivity contribution is 6.29. The molecule has 0 aliphatic heterocycles. The van der Waals surface area contributed by atoms with Crippen molar-refractivity contribution in [3.63, 3.8) is 0 Å². The first-order chi connectivity index (χ1) is 10.2. The number of rotatable bonds is 5. The fourth-order valence-corrected chi connectivity index (χ4v) is 2.47. The number of hydrogen-bond donors (Lipinski definition) is 1. The zero-order chi connectivity index (χ0) is 14.8. The Bertz CT molecular complexity index is 608. The maximum atomic E-state index is 5.99. The molecule has 6 heteroatoms. The van der Waals surface area contributed by atoms with Crippen molar-refractivity contribution >= 4 is 23.4 Å². The van der Waals surface area contributed by atoms with E-state index in [4.69, 9.17) is 22.1 Å². The fraction of sp³-hybridized carbons (Fsp3) is 0.333. The summed E-state index contributed by atoms with van der Waals surface area (Å²) in [6, 6.07) is 10.3. The summed E-state index contributed by atoms with van der Waals surface area (Å²) in [7, 11) is 1.66. The van der Waals surface area contributed by atoms with Crippen LogP contribution in [0, 0.1) is 0 Å². The van der Waals surface area contributed by atoms with Gasteiger partial charge in [-0.3, -0.25) is 0 Å². The van der Waals surface area contributed by atoms with Gasteiger partial charge in [-0.25, -0.2) is 4.98 Å². The van der Waals surface area contributed by atoms with Gasteiger partial charge in [0.05, 0.1) is 7.11 Å². The van der Waals surface area contributed by atoms with Gasteiger partial charge in [-0.15, -0.1) is 0 Å². The molecule has 1 heterocycles. The molecule has 5 nitrogen and oxygen atoms in total. The summed E-state index contributed by atoms with van der Waals surface area (Å²) in [4.78, 5) is 10.5. The van der Waals surface area contributed by atoms with Gasteiger partial charge in [0.25, 0.3) is 0 Å². The van der Waals surface area contributed by atoms with Gasteiger partial charge in [-0.1, -0.05) is 23.7 Å². The SMILES string of the molecule is COc1ccc(CN(c2cc(Cl)nc(N)n2)C2CC2)cc1. The van der Waals surface area contributed by atoms with Crippen molar-refractivity contribution in [3.05, 3.63) is 41.0 Å². The molecule has 1 aromatic heterocycles. The lowest BCUT2D eigenvalue weighted by molar-refractivity contribution is 0.414. The van der Waals surface area contributed by atoms with Crippen LogP contribution in [0.25, 0.3) is 0 Å². The van der Waals surface area contributed by atoms with Crippen LogP contribution in [-0.2, 0) is 6.54 Å². The molecule has 1 fully saturated rings. The van der Waals surface area contributed by atoms with Gasteiger partial charge in [-0.2, -0.15) is 4.98 Å². The molecular weight excluding hydrogens is 288 g/mol. The van der Waals surface area contributed by atoms with Gasteiger partial charge in [0.2, 0.25) is 5.95 Å². The number of halogens is 1. The molecule has 0 spiro atoms. The molecule has 1 aliphatic carbocycles. The van der Waals surface area contributed by atoms with E-state index in [2.05, 4.69) is 27.0 Å². The van der Waals surface area contributed by atoms with Crippen LogP contribution in [0.15, 0.2) is 30.3 Å². The van der Waals surface area contributed by atoms with Crippen LogP contribution in [0.5, 0.6) is 5.75 Å². The van der Waals surface area contributed by atoms with Crippen LogP contribution >= 0.6 is 11.6 Å². The van der Waals surface area contributed by atoms with Crippen molar-refractivity contribution in [2.45, 2.75) is 25.4 Å². The van der Waals surface area contributed by atoms with Gasteiger partial charge in [0, 0.05) is 18.7 Å². The molecule has 0 radical (unpaired) electrons. The molecule has 0 bridgehead atoms. The number of benzene rings is 1. The lowest BCUT2D eigenvalue weighted by atomic mass is 10.2. The smallest absolute Gasteiger partial charge is 0.223 e. The zero-order valence-corrected chi connectivity index (χ0v) is 12.5. The molecule has 0 unspecified atom stereocenters. The first kappa shape index (κ1) is 13.9. The molecule has 2 aromatic rings. The second-order valence-corrected chi connectivity index (χ2v) is 5.50. The second kappa shape index (κ2) is 5.77. The number of methoxy groups -OCH3 is 1. The summed E-state index contributed by atoms with van der Waals surface area (Å²) in [6.07, 6.45) is 2.33. The Balaban J connectivity index is 1.84. The normalized spacial score (nSPS) is 14.0. The summed E-state index contributed by atoms with van der Waals surface area (Å²) in [6.45, 7) is 0.765. The summed E-state index contributed by atoms with van der Waals surface area (Å²) < 4.78 is 5.18. The van der Waals surface area contributed by atoms with E-state index < -0.39 is 0 Å². The fourth-order valence-electron chi connectivity index (χ4n) is 2.28. The van der Waals surface area contributed by atoms with Crippen LogP contribution in [0.4, 0.5) is 11.8 Å². The molecule has 1 aliphatic rings. The van der Waals surface area contributed by atoms with Crippen LogP contribution in [0.1, 0.15) is 18.4 Å². The van der Waals surface area contributed by atoms with Gasteiger partial charge in [0.1, 0.15) is 16.7 Å². The van der Waals surface area contributed by atoms with Crippen molar-refractivity contribution in [1.82, 2.24) is 9.97 Å². The largest absolute Gasteiger partial charge is 0.497 e. The van der Waals surface area contributed by atoms with Gasteiger partial charge in [-0.05, 0) is 30.5 Å². The monoisotopic (exact) mass is 304 g/mol. The Morgan fingerprint density at radius 3 is 2.57 bits per heavy atom. The van der Waals surface area contributed by atoms with E-state index in [0.29, 0.717) is 11.2 Å². The minimum atomic E-state index is 0.206. The molecule has 2 N–H and O–H groups in total. The number of nitrogen functional groups attached to an aromatic ring is 1. The molecule has 0 saturated heterocycles. The second-order valence-electron chi connectivity index (χ2n) is 5.11. The third-order valence-corrected chi connectivity index (χ3v) is 3.69. The highest BCUT2D eigenvalue weighted by atomic mass is 35.5. The number of nitrogens with two attached hydrogens (primary N) is 1. The topological polar surface area (TPSA) is 64.3 Å². The average molecular weight is 305 g/mol. The number of nitrogens with zero attached hydrogens (tertiary/aromatic N) is 3. The van der Waals surface area contributed by atoms with E-state index in [1.807, 2.05) is 12.1 Å². The lowest BCUT2D eigenvalue weighted by Gasteiger charge is -2.24. The first-order valence-corrected chi connectivity index (χ1v) is 7.23. The Kier molecular flexibility index (Phi) is 3.84. The van der Waals surface area contributed by atoms with Crippen LogP contribution in [-0.4, -0.2) is 23.1 Å². The molecular formula is C15H17ClN4O. The highest BCUT2D eigenvalue weighted by Crippen LogP contribution is 2.33. The molecule has 1 saturated carbocycles. The molecule has 3 rings (SSSR count).